The van der Waals surface area contributed by atoms with Crippen LogP contribution >= 0.6 is 23.2 Å². The quantitative estimate of drug-likeness (QED) is 0.832. The second kappa shape index (κ2) is 7.14. The first-order valence-corrected chi connectivity index (χ1v) is 6.92. The lowest BCUT2D eigenvalue weighted by atomic mass is 10.1. The summed E-state index contributed by atoms with van der Waals surface area (Å²) in [4.78, 5) is 12.3. The zero-order valence-corrected chi connectivity index (χ0v) is 12.5. The summed E-state index contributed by atoms with van der Waals surface area (Å²) in [7, 11) is 0. The summed E-state index contributed by atoms with van der Waals surface area (Å²) < 4.78 is 0. The van der Waals surface area contributed by atoms with E-state index in [0.717, 1.165) is 0 Å². The minimum atomic E-state index is -0.305. The second-order valence-corrected chi connectivity index (χ2v) is 4.89. The first-order chi connectivity index (χ1) is 10.1. The average molecular weight is 319 g/mol. The van der Waals surface area contributed by atoms with Crippen LogP contribution in [-0.4, -0.2) is 12.5 Å². The number of anilines is 1. The van der Waals surface area contributed by atoms with E-state index in [2.05, 4.69) is 17.2 Å². The molecule has 0 heterocycles. The molecule has 0 spiro atoms. The molecule has 5 heteroatoms. The predicted molar refractivity (Wildman–Crippen MR) is 86.8 cm³/mol. The maximum atomic E-state index is 12.3. The molecule has 0 fully saturated rings. The zero-order valence-electron chi connectivity index (χ0n) is 11.0. The van der Waals surface area contributed by atoms with Crippen LogP contribution < -0.4 is 11.1 Å². The van der Waals surface area contributed by atoms with Gasteiger partial charge in [0.1, 0.15) is 0 Å². The van der Waals surface area contributed by atoms with Crippen molar-refractivity contribution in [2.24, 2.45) is 5.73 Å². The summed E-state index contributed by atoms with van der Waals surface area (Å²) in [6.07, 6.45) is 0. The van der Waals surface area contributed by atoms with Crippen molar-refractivity contribution in [3.05, 3.63) is 63.6 Å². The normalized spacial score (nSPS) is 9.67. The number of hydrogen-bond acceptors (Lipinski definition) is 2. The van der Waals surface area contributed by atoms with Gasteiger partial charge in [0, 0.05) is 5.56 Å². The Morgan fingerprint density at radius 3 is 2.67 bits per heavy atom. The van der Waals surface area contributed by atoms with E-state index in [-0.39, 0.29) is 12.5 Å². The summed E-state index contributed by atoms with van der Waals surface area (Å²) in [6, 6.07) is 12.1. The molecule has 21 heavy (non-hydrogen) atoms. The van der Waals surface area contributed by atoms with Crippen molar-refractivity contribution in [3.8, 4) is 11.8 Å². The van der Waals surface area contributed by atoms with E-state index >= 15 is 0 Å². The van der Waals surface area contributed by atoms with Gasteiger partial charge < -0.3 is 11.1 Å². The minimum Gasteiger partial charge on any atom is -0.321 e. The van der Waals surface area contributed by atoms with Gasteiger partial charge in [0.05, 0.1) is 27.8 Å². The molecule has 0 atom stereocenters. The lowest BCUT2D eigenvalue weighted by Crippen LogP contribution is -2.14. The first-order valence-electron chi connectivity index (χ1n) is 6.17. The SMILES string of the molecule is NCC#Cc1ccccc1C(=O)Nc1cccc(Cl)c1Cl. The molecule has 0 aliphatic rings. The Hall–Kier alpha value is -1.99. The molecule has 3 N–H and O–H groups in total. The Labute approximate surface area is 133 Å². The van der Waals surface area contributed by atoms with Gasteiger partial charge in [0.15, 0.2) is 0 Å². The average Bonchev–Trinajstić information content (AvgIpc) is 2.50. The van der Waals surface area contributed by atoms with Gasteiger partial charge in [-0.25, -0.2) is 0 Å². The number of carbonyl (C=O) groups excluding carboxylic acids is 1. The van der Waals surface area contributed by atoms with E-state index in [0.29, 0.717) is 26.9 Å². The van der Waals surface area contributed by atoms with E-state index in [1.54, 1.807) is 36.4 Å². The van der Waals surface area contributed by atoms with E-state index in [1.807, 2.05) is 6.07 Å². The molecule has 0 aliphatic heterocycles. The van der Waals surface area contributed by atoms with Crippen LogP contribution in [0.25, 0.3) is 0 Å². The highest BCUT2D eigenvalue weighted by molar-refractivity contribution is 6.44. The summed E-state index contributed by atoms with van der Waals surface area (Å²) in [5, 5.41) is 3.41. The molecule has 0 saturated carbocycles. The predicted octanol–water partition coefficient (Wildman–Crippen LogP) is 3.56. The third kappa shape index (κ3) is 3.77. The summed E-state index contributed by atoms with van der Waals surface area (Å²) in [5.74, 6) is 5.30. The Morgan fingerprint density at radius 1 is 1.14 bits per heavy atom. The molecule has 2 rings (SSSR count). The summed E-state index contributed by atoms with van der Waals surface area (Å²) in [5.41, 5.74) is 6.87. The van der Waals surface area contributed by atoms with Gasteiger partial charge >= 0.3 is 0 Å². The molecular weight excluding hydrogens is 307 g/mol. The number of nitrogens with one attached hydrogen (secondary N) is 1. The summed E-state index contributed by atoms with van der Waals surface area (Å²) >= 11 is 12.0. The zero-order chi connectivity index (χ0) is 15.2. The van der Waals surface area contributed by atoms with Crippen molar-refractivity contribution in [2.45, 2.75) is 0 Å². The minimum absolute atomic E-state index is 0.232. The Balaban J connectivity index is 2.31. The molecule has 0 radical (unpaired) electrons. The molecule has 1 amide bonds. The van der Waals surface area contributed by atoms with Crippen molar-refractivity contribution in [1.29, 1.82) is 0 Å². The molecule has 3 nitrogen and oxygen atoms in total. The third-order valence-corrected chi connectivity index (χ3v) is 3.52. The van der Waals surface area contributed by atoms with Crippen LogP contribution in [0.5, 0.6) is 0 Å². The smallest absolute Gasteiger partial charge is 0.256 e. The van der Waals surface area contributed by atoms with Crippen LogP contribution in [0.1, 0.15) is 15.9 Å². The fourth-order valence-corrected chi connectivity index (χ4v) is 2.07. The van der Waals surface area contributed by atoms with Crippen molar-refractivity contribution in [1.82, 2.24) is 0 Å². The van der Waals surface area contributed by atoms with Crippen molar-refractivity contribution >= 4 is 34.8 Å². The monoisotopic (exact) mass is 318 g/mol. The standard InChI is InChI=1S/C16H12Cl2N2O/c17-13-8-3-9-14(15(13)18)20-16(21)12-7-2-1-5-11(12)6-4-10-19/h1-3,5,7-9H,10,19H2,(H,20,21). The Bertz CT molecular complexity index is 733. The molecule has 0 saturated heterocycles. The van der Waals surface area contributed by atoms with Gasteiger partial charge in [-0.05, 0) is 24.3 Å². The lowest BCUT2D eigenvalue weighted by Gasteiger charge is -2.09. The number of amides is 1. The highest BCUT2D eigenvalue weighted by atomic mass is 35.5. The number of rotatable bonds is 2. The largest absolute Gasteiger partial charge is 0.321 e. The van der Waals surface area contributed by atoms with E-state index in [1.165, 1.54) is 0 Å². The fourth-order valence-electron chi connectivity index (χ4n) is 1.73. The highest BCUT2D eigenvalue weighted by Gasteiger charge is 2.12. The van der Waals surface area contributed by atoms with Gasteiger partial charge in [-0.15, -0.1) is 0 Å². The molecule has 0 bridgehead atoms. The number of carbonyl (C=O) groups is 1. The fraction of sp³-hybridized carbons (Fsp3) is 0.0625. The highest BCUT2D eigenvalue weighted by Crippen LogP contribution is 2.29. The van der Waals surface area contributed by atoms with Crippen LogP contribution in [-0.2, 0) is 0 Å². The molecule has 2 aromatic rings. The Morgan fingerprint density at radius 2 is 1.90 bits per heavy atom. The Kier molecular flexibility index (Phi) is 5.24. The van der Waals surface area contributed by atoms with Crippen molar-refractivity contribution < 1.29 is 4.79 Å². The van der Waals surface area contributed by atoms with Crippen molar-refractivity contribution in [3.63, 3.8) is 0 Å². The number of nitrogens with two attached hydrogens (primary N) is 1. The van der Waals surface area contributed by atoms with E-state index in [4.69, 9.17) is 28.9 Å². The van der Waals surface area contributed by atoms with Crippen LogP contribution in [0.15, 0.2) is 42.5 Å². The topological polar surface area (TPSA) is 55.1 Å². The van der Waals surface area contributed by atoms with Crippen LogP contribution in [0.4, 0.5) is 5.69 Å². The van der Waals surface area contributed by atoms with Gasteiger partial charge in [-0.3, -0.25) is 4.79 Å². The molecule has 0 aliphatic carbocycles. The van der Waals surface area contributed by atoms with E-state index in [9.17, 15) is 4.79 Å². The number of benzene rings is 2. The summed E-state index contributed by atoms with van der Waals surface area (Å²) in [6.45, 7) is 0.232. The van der Waals surface area contributed by atoms with E-state index < -0.39 is 0 Å². The maximum absolute atomic E-state index is 12.3. The number of halogens is 2. The van der Waals surface area contributed by atoms with Crippen LogP contribution in [0.3, 0.4) is 0 Å². The maximum Gasteiger partial charge on any atom is 0.256 e. The number of hydrogen-bond donors (Lipinski definition) is 2. The second-order valence-electron chi connectivity index (χ2n) is 4.11. The molecule has 2 aromatic carbocycles. The van der Waals surface area contributed by atoms with Crippen LogP contribution in [0, 0.1) is 11.8 Å². The molecule has 0 aromatic heterocycles. The van der Waals surface area contributed by atoms with Crippen LogP contribution in [0.2, 0.25) is 10.0 Å². The lowest BCUT2D eigenvalue weighted by molar-refractivity contribution is 0.102. The molecule has 106 valence electrons. The first kappa shape index (κ1) is 15.4. The van der Waals surface area contributed by atoms with Gasteiger partial charge in [-0.1, -0.05) is 53.2 Å². The van der Waals surface area contributed by atoms with Gasteiger partial charge in [0.2, 0.25) is 0 Å². The molecular formula is C16H12Cl2N2O. The van der Waals surface area contributed by atoms with Gasteiger partial charge in [0.25, 0.3) is 5.91 Å². The van der Waals surface area contributed by atoms with Gasteiger partial charge in [-0.2, -0.15) is 0 Å². The molecule has 0 unspecified atom stereocenters. The third-order valence-electron chi connectivity index (χ3n) is 2.70. The van der Waals surface area contributed by atoms with Crippen molar-refractivity contribution in [2.75, 3.05) is 11.9 Å².